The van der Waals surface area contributed by atoms with Gasteiger partial charge in [0, 0.05) is 31.3 Å². The largest absolute Gasteiger partial charge is 0.326 e. The van der Waals surface area contributed by atoms with Crippen LogP contribution in [0.5, 0.6) is 0 Å². The summed E-state index contributed by atoms with van der Waals surface area (Å²) in [6.45, 7) is 8.61. The van der Waals surface area contributed by atoms with Gasteiger partial charge in [-0.05, 0) is 24.1 Å². The van der Waals surface area contributed by atoms with Crippen molar-refractivity contribution < 1.29 is 9.59 Å². The highest BCUT2D eigenvalue weighted by molar-refractivity contribution is 7.99. The average molecular weight is 375 g/mol. The molecule has 140 valence electrons. The molecule has 0 aliphatic carbocycles. The molecule has 2 amide bonds. The zero-order chi connectivity index (χ0) is 19.1. The van der Waals surface area contributed by atoms with Gasteiger partial charge in [-0.3, -0.25) is 9.59 Å². The monoisotopic (exact) mass is 375 g/mol. The normalized spacial score (nSPS) is 10.8. The van der Waals surface area contributed by atoms with Gasteiger partial charge in [0.15, 0.2) is 5.16 Å². The maximum absolute atomic E-state index is 12.3. The summed E-state index contributed by atoms with van der Waals surface area (Å²) in [5.41, 5.74) is 1.28. The van der Waals surface area contributed by atoms with Crippen LogP contribution in [-0.4, -0.2) is 32.3 Å². The Balaban J connectivity index is 1.97. The number of thioether (sulfide) groups is 1. The molecule has 1 aromatic heterocycles. The van der Waals surface area contributed by atoms with E-state index in [1.54, 1.807) is 24.3 Å². The molecule has 0 saturated heterocycles. The van der Waals surface area contributed by atoms with E-state index in [-0.39, 0.29) is 17.6 Å². The third kappa shape index (κ3) is 5.87. The summed E-state index contributed by atoms with van der Waals surface area (Å²) in [7, 11) is 0. The van der Waals surface area contributed by atoms with Crippen LogP contribution in [0, 0.1) is 5.92 Å². The van der Waals surface area contributed by atoms with E-state index in [0.717, 1.165) is 23.9 Å². The smallest absolute Gasteiger partial charge is 0.234 e. The number of aryl methyl sites for hydroxylation is 1. The molecule has 0 saturated carbocycles. The van der Waals surface area contributed by atoms with Crippen molar-refractivity contribution in [1.82, 2.24) is 14.8 Å². The molecule has 0 aliphatic heterocycles. The molecule has 0 fully saturated rings. The predicted molar refractivity (Wildman–Crippen MR) is 104 cm³/mol. The molecule has 2 N–H and O–H groups in total. The van der Waals surface area contributed by atoms with Gasteiger partial charge < -0.3 is 15.2 Å². The molecule has 0 spiro atoms. The van der Waals surface area contributed by atoms with Gasteiger partial charge in [-0.2, -0.15) is 0 Å². The molecule has 0 radical (unpaired) electrons. The van der Waals surface area contributed by atoms with E-state index < -0.39 is 0 Å². The first-order valence-electron chi connectivity index (χ1n) is 8.61. The quantitative estimate of drug-likeness (QED) is 0.692. The lowest BCUT2D eigenvalue weighted by Crippen LogP contribution is -2.16. The van der Waals surface area contributed by atoms with Crippen molar-refractivity contribution in [1.29, 1.82) is 0 Å². The van der Waals surface area contributed by atoms with Crippen LogP contribution in [0.2, 0.25) is 0 Å². The van der Waals surface area contributed by atoms with Gasteiger partial charge in [0.05, 0.1) is 5.75 Å². The van der Waals surface area contributed by atoms with E-state index in [1.165, 1.54) is 18.7 Å². The Morgan fingerprint density at radius 1 is 1.19 bits per heavy atom. The van der Waals surface area contributed by atoms with E-state index in [1.807, 2.05) is 6.92 Å². The number of nitrogens with one attached hydrogen (secondary N) is 2. The average Bonchev–Trinajstić information content (AvgIpc) is 2.93. The fraction of sp³-hybridized carbons (Fsp3) is 0.444. The van der Waals surface area contributed by atoms with Gasteiger partial charge in [-0.1, -0.05) is 38.6 Å². The molecule has 0 atom stereocenters. The molecule has 7 nitrogen and oxygen atoms in total. The number of hydrogen-bond donors (Lipinski definition) is 2. The second-order valence-electron chi connectivity index (χ2n) is 6.36. The van der Waals surface area contributed by atoms with Gasteiger partial charge in [-0.15, -0.1) is 10.2 Å². The lowest BCUT2D eigenvalue weighted by Gasteiger charge is -2.12. The predicted octanol–water partition coefficient (Wildman–Crippen LogP) is 3.19. The molecule has 2 aromatic rings. The third-order valence-electron chi connectivity index (χ3n) is 3.46. The first-order chi connectivity index (χ1) is 12.4. The maximum Gasteiger partial charge on any atom is 0.234 e. The highest BCUT2D eigenvalue weighted by Crippen LogP contribution is 2.20. The molecule has 2 rings (SSSR count). The molecule has 1 heterocycles. The summed E-state index contributed by atoms with van der Waals surface area (Å²) >= 11 is 1.38. The summed E-state index contributed by atoms with van der Waals surface area (Å²) in [4.78, 5) is 23.4. The molecular weight excluding hydrogens is 350 g/mol. The second-order valence-corrected chi connectivity index (χ2v) is 7.30. The van der Waals surface area contributed by atoms with E-state index >= 15 is 0 Å². The van der Waals surface area contributed by atoms with Crippen molar-refractivity contribution in [2.24, 2.45) is 5.92 Å². The minimum atomic E-state index is -0.153. The number of carbonyl (C=O) groups excluding carboxylic acids is 2. The van der Waals surface area contributed by atoms with Crippen molar-refractivity contribution >= 4 is 35.0 Å². The summed E-state index contributed by atoms with van der Waals surface area (Å²) in [5.74, 6) is 1.36. The first kappa shape index (κ1) is 20.0. The molecule has 8 heteroatoms. The Kier molecular flexibility index (Phi) is 7.20. The topological polar surface area (TPSA) is 88.9 Å². The molecular formula is C18H25N5O2S. The Morgan fingerprint density at radius 3 is 2.50 bits per heavy atom. The summed E-state index contributed by atoms with van der Waals surface area (Å²) < 4.78 is 2.08. The number of aromatic nitrogens is 3. The summed E-state index contributed by atoms with van der Waals surface area (Å²) in [5, 5.41) is 14.7. The van der Waals surface area contributed by atoms with Crippen molar-refractivity contribution in [3.05, 3.63) is 30.1 Å². The minimum Gasteiger partial charge on any atom is -0.326 e. The minimum absolute atomic E-state index is 0.132. The van der Waals surface area contributed by atoms with Gasteiger partial charge in [0.25, 0.3) is 0 Å². The Morgan fingerprint density at radius 2 is 1.88 bits per heavy atom. The van der Waals surface area contributed by atoms with E-state index in [4.69, 9.17) is 0 Å². The molecule has 1 aromatic carbocycles. The highest BCUT2D eigenvalue weighted by Gasteiger charge is 2.14. The SMILES string of the molecule is CCc1nnc(SCC(=O)Nc2cccc(NC(C)=O)c2)n1CC(C)C. The van der Waals surface area contributed by atoms with Crippen molar-refractivity contribution in [2.45, 2.75) is 45.8 Å². The molecule has 0 unspecified atom stereocenters. The Labute approximate surface area is 158 Å². The number of carbonyl (C=O) groups is 2. The van der Waals surface area contributed by atoms with Crippen molar-refractivity contribution in [3.63, 3.8) is 0 Å². The third-order valence-corrected chi connectivity index (χ3v) is 4.42. The van der Waals surface area contributed by atoms with Crippen LogP contribution in [0.1, 0.15) is 33.5 Å². The number of hydrogen-bond acceptors (Lipinski definition) is 5. The Hall–Kier alpha value is -2.35. The number of rotatable bonds is 8. The van der Waals surface area contributed by atoms with Crippen LogP contribution in [0.15, 0.2) is 29.4 Å². The van der Waals surface area contributed by atoms with Gasteiger partial charge >= 0.3 is 0 Å². The zero-order valence-electron chi connectivity index (χ0n) is 15.6. The fourth-order valence-electron chi connectivity index (χ4n) is 2.44. The summed E-state index contributed by atoms with van der Waals surface area (Å²) in [6.07, 6.45) is 0.808. The summed E-state index contributed by atoms with van der Waals surface area (Å²) in [6, 6.07) is 7.05. The van der Waals surface area contributed by atoms with Crippen LogP contribution in [0.3, 0.4) is 0 Å². The molecule has 26 heavy (non-hydrogen) atoms. The Bertz CT molecular complexity index is 773. The first-order valence-corrected chi connectivity index (χ1v) is 9.60. The van der Waals surface area contributed by atoms with E-state index in [2.05, 4.69) is 39.2 Å². The molecule has 0 aliphatic rings. The number of anilines is 2. The van der Waals surface area contributed by atoms with Gasteiger partial charge in [0.1, 0.15) is 5.82 Å². The molecule has 0 bridgehead atoms. The van der Waals surface area contributed by atoms with Crippen molar-refractivity contribution in [3.8, 4) is 0 Å². The van der Waals surface area contributed by atoms with Crippen molar-refractivity contribution in [2.75, 3.05) is 16.4 Å². The van der Waals surface area contributed by atoms with Crippen LogP contribution < -0.4 is 10.6 Å². The van der Waals surface area contributed by atoms with Crippen LogP contribution in [0.25, 0.3) is 0 Å². The standard InChI is InChI=1S/C18H25N5O2S/c1-5-16-21-22-18(23(16)10-12(2)3)26-11-17(25)20-15-8-6-7-14(9-15)19-13(4)24/h6-9,12H,5,10-11H2,1-4H3,(H,19,24)(H,20,25). The number of amides is 2. The van der Waals surface area contributed by atoms with Gasteiger partial charge in [0.2, 0.25) is 11.8 Å². The number of benzene rings is 1. The van der Waals surface area contributed by atoms with Gasteiger partial charge in [-0.25, -0.2) is 0 Å². The lowest BCUT2D eigenvalue weighted by molar-refractivity contribution is -0.114. The lowest BCUT2D eigenvalue weighted by atomic mass is 10.2. The van der Waals surface area contributed by atoms with Crippen LogP contribution in [-0.2, 0) is 22.6 Å². The van der Waals surface area contributed by atoms with Crippen LogP contribution in [0.4, 0.5) is 11.4 Å². The maximum atomic E-state index is 12.3. The fourth-order valence-corrected chi connectivity index (χ4v) is 3.21. The van der Waals surface area contributed by atoms with E-state index in [9.17, 15) is 9.59 Å². The number of nitrogens with zero attached hydrogens (tertiary/aromatic N) is 3. The highest BCUT2D eigenvalue weighted by atomic mass is 32.2. The second kappa shape index (κ2) is 9.38. The van der Waals surface area contributed by atoms with Crippen LogP contribution >= 0.6 is 11.8 Å². The zero-order valence-corrected chi connectivity index (χ0v) is 16.4. The van der Waals surface area contributed by atoms with E-state index in [0.29, 0.717) is 17.3 Å².